The molecule has 90 valence electrons. The largest absolute Gasteiger partial charge is 0.313 e. The third kappa shape index (κ3) is 4.98. The minimum absolute atomic E-state index is 0.260. The van der Waals surface area contributed by atoms with Gasteiger partial charge in [0.1, 0.15) is 0 Å². The molecule has 0 aromatic heterocycles. The van der Waals surface area contributed by atoms with Gasteiger partial charge in [0.2, 0.25) is 0 Å². The summed E-state index contributed by atoms with van der Waals surface area (Å²) in [4.78, 5) is 0. The van der Waals surface area contributed by atoms with Gasteiger partial charge in [-0.15, -0.1) is 0 Å². The molecule has 15 heavy (non-hydrogen) atoms. The molecular weight excluding hydrogens is 210 g/mol. The zero-order valence-corrected chi connectivity index (χ0v) is 10.6. The van der Waals surface area contributed by atoms with Gasteiger partial charge in [-0.05, 0) is 18.8 Å². The topological polar surface area (TPSA) is 46.2 Å². The average molecular weight is 233 g/mol. The Morgan fingerprint density at radius 1 is 1.33 bits per heavy atom. The zero-order chi connectivity index (χ0) is 11.3. The fourth-order valence-corrected chi connectivity index (χ4v) is 2.90. The Hall–Kier alpha value is -0.0900. The highest BCUT2D eigenvalue weighted by atomic mass is 32.2. The molecule has 3 nitrogen and oxygen atoms in total. The van der Waals surface area contributed by atoms with Gasteiger partial charge in [0.25, 0.3) is 0 Å². The van der Waals surface area contributed by atoms with Crippen LogP contribution in [0.15, 0.2) is 0 Å². The fraction of sp³-hybridized carbons (Fsp3) is 1.00. The Labute approximate surface area is 93.6 Å². The normalized spacial score (nSPS) is 27.9. The van der Waals surface area contributed by atoms with Crippen LogP contribution in [0.2, 0.25) is 0 Å². The lowest BCUT2D eigenvalue weighted by Crippen LogP contribution is -2.36. The molecule has 0 aromatic rings. The maximum Gasteiger partial charge on any atom is 0.151 e. The SMILES string of the molecule is CCS(=O)(=O)CCNC1CCCC(C)C1. The molecule has 0 aromatic carbocycles. The highest BCUT2D eigenvalue weighted by Crippen LogP contribution is 2.23. The molecule has 0 radical (unpaired) electrons. The summed E-state index contributed by atoms with van der Waals surface area (Å²) in [6, 6.07) is 0.542. The molecule has 1 fully saturated rings. The van der Waals surface area contributed by atoms with E-state index in [2.05, 4.69) is 12.2 Å². The second-order valence-electron chi connectivity index (χ2n) is 4.66. The van der Waals surface area contributed by atoms with Crippen LogP contribution in [0, 0.1) is 5.92 Å². The van der Waals surface area contributed by atoms with E-state index in [-0.39, 0.29) is 11.5 Å². The average Bonchev–Trinajstić information content (AvgIpc) is 2.18. The van der Waals surface area contributed by atoms with E-state index in [9.17, 15) is 8.42 Å². The molecule has 2 atom stereocenters. The smallest absolute Gasteiger partial charge is 0.151 e. The molecule has 0 spiro atoms. The third-order valence-electron chi connectivity index (χ3n) is 3.22. The molecule has 0 saturated heterocycles. The van der Waals surface area contributed by atoms with Crippen molar-refractivity contribution in [2.75, 3.05) is 18.1 Å². The van der Waals surface area contributed by atoms with Crippen molar-refractivity contribution in [1.29, 1.82) is 0 Å². The minimum atomic E-state index is -2.80. The Balaban J connectivity index is 2.20. The van der Waals surface area contributed by atoms with Crippen molar-refractivity contribution >= 4 is 9.84 Å². The number of hydrogen-bond donors (Lipinski definition) is 1. The molecular formula is C11H23NO2S. The van der Waals surface area contributed by atoms with E-state index in [1.807, 2.05) is 0 Å². The van der Waals surface area contributed by atoms with E-state index in [1.54, 1.807) is 6.92 Å². The van der Waals surface area contributed by atoms with Crippen LogP contribution in [0.1, 0.15) is 39.5 Å². The Kier molecular flexibility index (Phi) is 5.06. The van der Waals surface area contributed by atoms with Crippen LogP contribution >= 0.6 is 0 Å². The quantitative estimate of drug-likeness (QED) is 0.784. The van der Waals surface area contributed by atoms with Crippen molar-refractivity contribution in [1.82, 2.24) is 5.32 Å². The second kappa shape index (κ2) is 5.85. The monoisotopic (exact) mass is 233 g/mol. The van der Waals surface area contributed by atoms with Gasteiger partial charge in [-0.1, -0.05) is 26.7 Å². The van der Waals surface area contributed by atoms with Crippen molar-refractivity contribution < 1.29 is 8.42 Å². The Morgan fingerprint density at radius 3 is 2.67 bits per heavy atom. The number of rotatable bonds is 5. The van der Waals surface area contributed by atoms with Crippen molar-refractivity contribution in [3.63, 3.8) is 0 Å². The van der Waals surface area contributed by atoms with E-state index in [4.69, 9.17) is 0 Å². The van der Waals surface area contributed by atoms with Gasteiger partial charge < -0.3 is 5.32 Å². The summed E-state index contributed by atoms with van der Waals surface area (Å²) in [7, 11) is -2.80. The zero-order valence-electron chi connectivity index (χ0n) is 9.83. The van der Waals surface area contributed by atoms with Gasteiger partial charge in [0, 0.05) is 18.3 Å². The summed E-state index contributed by atoms with van der Waals surface area (Å²) in [5.74, 6) is 1.34. The van der Waals surface area contributed by atoms with E-state index < -0.39 is 9.84 Å². The van der Waals surface area contributed by atoms with Gasteiger partial charge in [-0.3, -0.25) is 0 Å². The summed E-state index contributed by atoms with van der Waals surface area (Å²) in [5.41, 5.74) is 0. The van der Waals surface area contributed by atoms with Crippen molar-refractivity contribution in [2.45, 2.75) is 45.6 Å². The van der Waals surface area contributed by atoms with E-state index in [1.165, 1.54) is 25.7 Å². The first-order valence-electron chi connectivity index (χ1n) is 5.97. The molecule has 1 saturated carbocycles. The van der Waals surface area contributed by atoms with Gasteiger partial charge in [0.05, 0.1) is 5.75 Å². The number of sulfone groups is 1. The number of hydrogen-bond acceptors (Lipinski definition) is 3. The maximum absolute atomic E-state index is 11.3. The molecule has 1 rings (SSSR count). The van der Waals surface area contributed by atoms with Crippen molar-refractivity contribution in [2.24, 2.45) is 5.92 Å². The molecule has 0 heterocycles. The lowest BCUT2D eigenvalue weighted by atomic mass is 9.87. The molecule has 0 aliphatic heterocycles. The van der Waals surface area contributed by atoms with Gasteiger partial charge in [-0.25, -0.2) is 8.42 Å². The lowest BCUT2D eigenvalue weighted by molar-refractivity contribution is 0.305. The predicted molar refractivity (Wildman–Crippen MR) is 63.8 cm³/mol. The molecule has 2 unspecified atom stereocenters. The third-order valence-corrected chi connectivity index (χ3v) is 4.93. The van der Waals surface area contributed by atoms with Gasteiger partial charge in [-0.2, -0.15) is 0 Å². The van der Waals surface area contributed by atoms with E-state index >= 15 is 0 Å². The molecule has 1 N–H and O–H groups in total. The highest BCUT2D eigenvalue weighted by Gasteiger charge is 2.18. The van der Waals surface area contributed by atoms with Crippen LogP contribution in [0.5, 0.6) is 0 Å². The lowest BCUT2D eigenvalue weighted by Gasteiger charge is -2.27. The van der Waals surface area contributed by atoms with Gasteiger partial charge in [0.15, 0.2) is 9.84 Å². The van der Waals surface area contributed by atoms with Crippen LogP contribution in [0.3, 0.4) is 0 Å². The maximum atomic E-state index is 11.3. The standard InChI is InChI=1S/C11H23NO2S/c1-3-15(13,14)8-7-12-11-6-4-5-10(2)9-11/h10-12H,3-9H2,1-2H3. The minimum Gasteiger partial charge on any atom is -0.313 e. The van der Waals surface area contributed by atoms with Crippen molar-refractivity contribution in [3.8, 4) is 0 Å². The van der Waals surface area contributed by atoms with E-state index in [0.717, 1.165) is 5.92 Å². The summed E-state index contributed by atoms with van der Waals surface area (Å²) >= 11 is 0. The summed E-state index contributed by atoms with van der Waals surface area (Å²) < 4.78 is 22.5. The summed E-state index contributed by atoms with van der Waals surface area (Å²) in [6.07, 6.45) is 5.01. The first-order valence-corrected chi connectivity index (χ1v) is 7.79. The molecule has 0 amide bonds. The first kappa shape index (κ1) is 13.0. The van der Waals surface area contributed by atoms with Crippen LogP contribution in [0.4, 0.5) is 0 Å². The van der Waals surface area contributed by atoms with Gasteiger partial charge >= 0.3 is 0 Å². The highest BCUT2D eigenvalue weighted by molar-refractivity contribution is 7.91. The van der Waals surface area contributed by atoms with Crippen LogP contribution in [-0.4, -0.2) is 32.5 Å². The molecule has 1 aliphatic rings. The Morgan fingerprint density at radius 2 is 2.07 bits per heavy atom. The fourth-order valence-electron chi connectivity index (χ4n) is 2.18. The van der Waals surface area contributed by atoms with Crippen LogP contribution in [0.25, 0.3) is 0 Å². The summed E-state index contributed by atoms with van der Waals surface area (Å²) in [6.45, 7) is 4.60. The van der Waals surface area contributed by atoms with Crippen LogP contribution < -0.4 is 5.32 Å². The molecule has 4 heteroatoms. The van der Waals surface area contributed by atoms with Crippen LogP contribution in [-0.2, 0) is 9.84 Å². The van der Waals surface area contributed by atoms with E-state index in [0.29, 0.717) is 12.6 Å². The molecule has 1 aliphatic carbocycles. The predicted octanol–water partition coefficient (Wildman–Crippen LogP) is 1.59. The Bertz CT molecular complexity index is 274. The summed E-state index contributed by atoms with van der Waals surface area (Å²) in [5, 5.41) is 3.36. The van der Waals surface area contributed by atoms with Crippen molar-refractivity contribution in [3.05, 3.63) is 0 Å². The molecule has 0 bridgehead atoms. The second-order valence-corrected chi connectivity index (χ2v) is 7.13. The first-order chi connectivity index (χ1) is 7.03. The number of nitrogens with one attached hydrogen (secondary N) is 1.